The number of nitrogens with zero attached hydrogens (tertiary/aromatic N) is 3. The van der Waals surface area contributed by atoms with Crippen LogP contribution in [0.1, 0.15) is 40.8 Å². The first kappa shape index (κ1) is 14.2. The van der Waals surface area contributed by atoms with Gasteiger partial charge < -0.3 is 4.90 Å². The van der Waals surface area contributed by atoms with Gasteiger partial charge in [-0.05, 0) is 25.3 Å². The topological polar surface area (TPSA) is 79.0 Å². The van der Waals surface area contributed by atoms with Crippen molar-refractivity contribution in [1.82, 2.24) is 19.2 Å². The van der Waals surface area contributed by atoms with Crippen LogP contribution in [0, 0.1) is 0 Å². The maximum atomic E-state index is 12.7. The van der Waals surface area contributed by atoms with E-state index < -0.39 is 5.56 Å². The fourth-order valence-corrected chi connectivity index (χ4v) is 3.47. The van der Waals surface area contributed by atoms with Crippen LogP contribution in [0.5, 0.6) is 0 Å². The van der Waals surface area contributed by atoms with E-state index in [1.807, 2.05) is 0 Å². The molecule has 1 N–H and O–H groups in total. The average Bonchev–Trinajstić information content (AvgIpc) is 2.87. The largest absolute Gasteiger partial charge is 0.328 e. The van der Waals surface area contributed by atoms with Gasteiger partial charge in [-0.25, -0.2) is 9.97 Å². The summed E-state index contributed by atoms with van der Waals surface area (Å²) >= 11 is 6.88. The van der Waals surface area contributed by atoms with E-state index in [4.69, 9.17) is 11.6 Å². The zero-order valence-electron chi connectivity index (χ0n) is 11.1. The first-order chi connectivity index (χ1) is 10.2. The molecule has 0 aromatic carbocycles. The Hall–Kier alpha value is -1.73. The zero-order valence-corrected chi connectivity index (χ0v) is 12.7. The van der Waals surface area contributed by atoms with E-state index in [1.165, 1.54) is 0 Å². The van der Waals surface area contributed by atoms with E-state index in [2.05, 4.69) is 14.3 Å². The molecule has 1 aliphatic heterocycles. The minimum atomic E-state index is -0.422. The summed E-state index contributed by atoms with van der Waals surface area (Å²) in [7, 11) is 0. The van der Waals surface area contributed by atoms with Gasteiger partial charge in [0, 0.05) is 18.9 Å². The third-order valence-corrected chi connectivity index (χ3v) is 4.83. The third kappa shape index (κ3) is 2.71. The number of carbonyl (C=O) groups is 1. The summed E-state index contributed by atoms with van der Waals surface area (Å²) < 4.78 is 2.49. The predicted molar refractivity (Wildman–Crippen MR) is 79.6 cm³/mol. The van der Waals surface area contributed by atoms with Gasteiger partial charge in [0.25, 0.3) is 11.5 Å². The lowest BCUT2D eigenvalue weighted by Gasteiger charge is -2.34. The quantitative estimate of drug-likeness (QED) is 0.919. The molecule has 3 heterocycles. The van der Waals surface area contributed by atoms with Crippen LogP contribution in [0.3, 0.4) is 0 Å². The van der Waals surface area contributed by atoms with Crippen molar-refractivity contribution in [3.63, 3.8) is 0 Å². The Balaban J connectivity index is 1.93. The van der Waals surface area contributed by atoms with Crippen molar-refractivity contribution >= 4 is 29.0 Å². The van der Waals surface area contributed by atoms with E-state index in [1.54, 1.807) is 23.4 Å². The number of piperidine rings is 1. The van der Waals surface area contributed by atoms with Gasteiger partial charge in [0.15, 0.2) is 5.82 Å². The number of aromatic amines is 1. The highest BCUT2D eigenvalue weighted by Crippen LogP contribution is 2.31. The fraction of sp³-hybridized carbons (Fsp3) is 0.385. The maximum Gasteiger partial charge on any atom is 0.277 e. The minimum Gasteiger partial charge on any atom is -0.328 e. The van der Waals surface area contributed by atoms with Crippen molar-refractivity contribution in [2.45, 2.75) is 25.3 Å². The van der Waals surface area contributed by atoms with Crippen molar-refractivity contribution < 1.29 is 4.79 Å². The Bertz CT molecular complexity index is 700. The van der Waals surface area contributed by atoms with E-state index in [0.717, 1.165) is 30.8 Å². The molecule has 1 unspecified atom stereocenters. The molecular weight excluding hydrogens is 312 g/mol. The summed E-state index contributed by atoms with van der Waals surface area (Å²) in [6.07, 6.45) is 6.09. The monoisotopic (exact) mass is 324 g/mol. The average molecular weight is 325 g/mol. The molecule has 0 aliphatic carbocycles. The molecule has 1 fully saturated rings. The van der Waals surface area contributed by atoms with Gasteiger partial charge in [0.05, 0.1) is 6.04 Å². The van der Waals surface area contributed by atoms with Crippen LogP contribution >= 0.6 is 23.1 Å². The molecule has 6 nitrogen and oxygen atoms in total. The number of aromatic nitrogens is 3. The molecule has 0 saturated carbocycles. The standard InChI is InChI=1S/C13H13ClN4O2S/c14-9-10(21-17-12(9)19)13(20)18-7-2-1-4-8(18)11-15-5-3-6-16-11/h3,5-6,8H,1-2,4,7H2,(H,17,19). The molecule has 1 amide bonds. The van der Waals surface area contributed by atoms with Crippen molar-refractivity contribution in [3.05, 3.63) is 44.5 Å². The Kier molecular flexibility index (Phi) is 4.03. The van der Waals surface area contributed by atoms with Gasteiger partial charge in [0.2, 0.25) is 0 Å². The lowest BCUT2D eigenvalue weighted by atomic mass is 10.0. The number of carbonyl (C=O) groups excluding carboxylic acids is 1. The zero-order chi connectivity index (χ0) is 14.8. The van der Waals surface area contributed by atoms with Crippen LogP contribution in [0.4, 0.5) is 0 Å². The van der Waals surface area contributed by atoms with Crippen LogP contribution in [0.15, 0.2) is 23.3 Å². The smallest absolute Gasteiger partial charge is 0.277 e. The maximum absolute atomic E-state index is 12.7. The van der Waals surface area contributed by atoms with Crippen LogP contribution in [-0.4, -0.2) is 31.7 Å². The summed E-state index contributed by atoms with van der Waals surface area (Å²) in [5.74, 6) is 0.394. The number of nitrogens with one attached hydrogen (secondary N) is 1. The molecule has 1 saturated heterocycles. The summed E-state index contributed by atoms with van der Waals surface area (Å²) in [4.78, 5) is 34.5. The number of amides is 1. The van der Waals surface area contributed by atoms with Crippen molar-refractivity contribution in [2.75, 3.05) is 6.54 Å². The van der Waals surface area contributed by atoms with Crippen LogP contribution in [-0.2, 0) is 0 Å². The molecule has 3 rings (SSSR count). The van der Waals surface area contributed by atoms with Gasteiger partial charge in [0.1, 0.15) is 9.90 Å². The van der Waals surface area contributed by atoms with E-state index in [0.29, 0.717) is 12.4 Å². The molecule has 0 radical (unpaired) electrons. The van der Waals surface area contributed by atoms with Gasteiger partial charge in [-0.3, -0.25) is 14.0 Å². The highest BCUT2D eigenvalue weighted by atomic mass is 35.5. The molecule has 1 aliphatic rings. The van der Waals surface area contributed by atoms with Gasteiger partial charge >= 0.3 is 0 Å². The van der Waals surface area contributed by atoms with E-state index in [9.17, 15) is 9.59 Å². The Labute approximate surface area is 129 Å². The second-order valence-corrected chi connectivity index (χ2v) is 5.99. The second-order valence-electron chi connectivity index (χ2n) is 4.79. The first-order valence-corrected chi connectivity index (χ1v) is 7.83. The number of hydrogen-bond donors (Lipinski definition) is 1. The molecule has 0 spiro atoms. The number of halogens is 1. The number of hydrogen-bond acceptors (Lipinski definition) is 5. The molecule has 21 heavy (non-hydrogen) atoms. The third-order valence-electron chi connectivity index (χ3n) is 3.49. The summed E-state index contributed by atoms with van der Waals surface area (Å²) in [5.41, 5.74) is -0.422. The highest BCUT2D eigenvalue weighted by Gasteiger charge is 2.32. The fourth-order valence-electron chi connectivity index (χ4n) is 2.48. The van der Waals surface area contributed by atoms with E-state index in [-0.39, 0.29) is 21.8 Å². The molecule has 1 atom stereocenters. The Morgan fingerprint density at radius 2 is 2.14 bits per heavy atom. The lowest BCUT2D eigenvalue weighted by molar-refractivity contribution is 0.0605. The molecule has 0 bridgehead atoms. The number of likely N-dealkylation sites (tertiary alicyclic amines) is 1. The first-order valence-electron chi connectivity index (χ1n) is 6.63. The van der Waals surface area contributed by atoms with Gasteiger partial charge in [-0.2, -0.15) is 0 Å². The molecule has 2 aromatic heterocycles. The molecule has 110 valence electrons. The highest BCUT2D eigenvalue weighted by molar-refractivity contribution is 7.08. The van der Waals surface area contributed by atoms with Crippen molar-refractivity contribution in [3.8, 4) is 0 Å². The van der Waals surface area contributed by atoms with Crippen LogP contribution < -0.4 is 5.56 Å². The summed E-state index contributed by atoms with van der Waals surface area (Å²) in [5, 5.41) is -0.0386. The lowest BCUT2D eigenvalue weighted by Crippen LogP contribution is -2.39. The Morgan fingerprint density at radius 3 is 2.81 bits per heavy atom. The van der Waals surface area contributed by atoms with E-state index >= 15 is 0 Å². The summed E-state index contributed by atoms with van der Waals surface area (Å²) in [6, 6.07) is 1.58. The predicted octanol–water partition coefficient (Wildman–Crippen LogP) is 2.25. The number of H-pyrrole nitrogens is 1. The SMILES string of the molecule is O=C(c1s[nH]c(=O)c1Cl)N1CCCCC1c1ncccn1. The second kappa shape index (κ2) is 5.95. The van der Waals surface area contributed by atoms with Crippen molar-refractivity contribution in [2.24, 2.45) is 0 Å². The minimum absolute atomic E-state index is 0.0386. The normalized spacial score (nSPS) is 18.7. The molecular formula is C13H13ClN4O2S. The van der Waals surface area contributed by atoms with Crippen LogP contribution in [0.2, 0.25) is 5.02 Å². The van der Waals surface area contributed by atoms with Gasteiger partial charge in [-0.1, -0.05) is 23.1 Å². The number of rotatable bonds is 2. The van der Waals surface area contributed by atoms with Crippen LogP contribution in [0.25, 0.3) is 0 Å². The van der Waals surface area contributed by atoms with Gasteiger partial charge in [-0.15, -0.1) is 0 Å². The molecule has 2 aromatic rings. The Morgan fingerprint density at radius 1 is 1.38 bits per heavy atom. The summed E-state index contributed by atoms with van der Waals surface area (Å²) in [6.45, 7) is 0.615. The molecule has 8 heteroatoms. The van der Waals surface area contributed by atoms with Crippen molar-refractivity contribution in [1.29, 1.82) is 0 Å².